The molecule has 10 nitrogen and oxygen atoms in total. The molecule has 3 aromatic carbocycles. The molecule has 1 aliphatic heterocycles. The van der Waals surface area contributed by atoms with Crippen molar-refractivity contribution in [1.29, 1.82) is 0 Å². The van der Waals surface area contributed by atoms with E-state index in [1.807, 2.05) is 108 Å². The predicted octanol–water partition coefficient (Wildman–Crippen LogP) is 6.62. The minimum absolute atomic E-state index is 0.334. The number of ether oxygens (including phenoxy) is 2. The molecule has 0 saturated carbocycles. The van der Waals surface area contributed by atoms with Crippen molar-refractivity contribution in [3.63, 3.8) is 0 Å². The summed E-state index contributed by atoms with van der Waals surface area (Å²) in [6, 6.07) is 29.9. The SMILES string of the molecule is O=C(Nc1ccccc1)Nc1cccc(-c2nn3ccccc3c2-c2ccnc(Nc3ccc4c(c3)OCCO4)n2)c1. The van der Waals surface area contributed by atoms with Gasteiger partial charge in [-0.05, 0) is 54.6 Å². The summed E-state index contributed by atoms with van der Waals surface area (Å²) < 4.78 is 13.2. The van der Waals surface area contributed by atoms with Gasteiger partial charge in [-0.15, -0.1) is 0 Å². The highest BCUT2D eigenvalue weighted by atomic mass is 16.6. The molecule has 4 heterocycles. The maximum absolute atomic E-state index is 12.6. The average Bonchev–Trinajstić information content (AvgIpc) is 3.42. The molecule has 0 atom stereocenters. The van der Waals surface area contributed by atoms with Crippen LogP contribution in [0.2, 0.25) is 0 Å². The van der Waals surface area contributed by atoms with Gasteiger partial charge in [0.2, 0.25) is 5.95 Å². The van der Waals surface area contributed by atoms with E-state index in [1.165, 1.54) is 0 Å². The lowest BCUT2D eigenvalue weighted by Crippen LogP contribution is -2.19. The second kappa shape index (κ2) is 10.9. The van der Waals surface area contributed by atoms with Gasteiger partial charge in [0.1, 0.15) is 18.9 Å². The topological polar surface area (TPSA) is 115 Å². The van der Waals surface area contributed by atoms with Gasteiger partial charge in [-0.3, -0.25) is 0 Å². The van der Waals surface area contributed by atoms with Crippen molar-refractivity contribution in [2.45, 2.75) is 0 Å². The summed E-state index contributed by atoms with van der Waals surface area (Å²) in [5, 5.41) is 13.9. The standard InChI is InChI=1S/C32H25N7O3/c40-32(35-22-8-2-1-3-9-22)36-23-10-6-7-21(19-23)30-29(26-11-4-5-16-39(26)38-30)25-14-15-33-31(37-25)34-24-12-13-27-28(20-24)42-18-17-41-27/h1-16,19-20H,17-18H2,(H,33,34,37)(H2,35,36,40). The number of nitrogens with one attached hydrogen (secondary N) is 3. The van der Waals surface area contributed by atoms with E-state index in [0.29, 0.717) is 47.7 Å². The number of amides is 2. The van der Waals surface area contributed by atoms with E-state index in [1.54, 1.807) is 6.20 Å². The predicted molar refractivity (Wildman–Crippen MR) is 161 cm³/mol. The summed E-state index contributed by atoms with van der Waals surface area (Å²) >= 11 is 0. The van der Waals surface area contributed by atoms with Gasteiger partial charge in [-0.25, -0.2) is 19.3 Å². The van der Waals surface area contributed by atoms with E-state index in [4.69, 9.17) is 19.6 Å². The number of nitrogens with zero attached hydrogens (tertiary/aromatic N) is 4. The molecule has 3 aromatic heterocycles. The Balaban J connectivity index is 1.21. The lowest BCUT2D eigenvalue weighted by atomic mass is 10.0. The monoisotopic (exact) mass is 555 g/mol. The number of benzene rings is 3. The van der Waals surface area contributed by atoms with Crippen LogP contribution in [-0.4, -0.2) is 38.8 Å². The van der Waals surface area contributed by atoms with Crippen LogP contribution in [0.25, 0.3) is 28.0 Å². The number of hydrogen-bond donors (Lipinski definition) is 3. The lowest BCUT2D eigenvalue weighted by molar-refractivity contribution is 0.171. The van der Waals surface area contributed by atoms with Crippen LogP contribution in [0, 0.1) is 0 Å². The van der Waals surface area contributed by atoms with Crippen LogP contribution in [-0.2, 0) is 0 Å². The molecule has 0 bridgehead atoms. The third kappa shape index (κ3) is 5.16. The summed E-state index contributed by atoms with van der Waals surface area (Å²) in [6.07, 6.45) is 3.61. The van der Waals surface area contributed by atoms with E-state index < -0.39 is 0 Å². The Bertz CT molecular complexity index is 1910. The molecule has 0 saturated heterocycles. The second-order valence-corrected chi connectivity index (χ2v) is 9.53. The van der Waals surface area contributed by atoms with Crippen molar-refractivity contribution in [2.24, 2.45) is 0 Å². The van der Waals surface area contributed by atoms with E-state index in [9.17, 15) is 4.79 Å². The number of carbonyl (C=O) groups is 1. The molecule has 3 N–H and O–H groups in total. The maximum atomic E-state index is 12.6. The lowest BCUT2D eigenvalue weighted by Gasteiger charge is -2.19. The van der Waals surface area contributed by atoms with Crippen molar-refractivity contribution in [3.8, 4) is 34.0 Å². The maximum Gasteiger partial charge on any atom is 0.323 e. The molecule has 10 heteroatoms. The van der Waals surface area contributed by atoms with Crippen LogP contribution in [0.4, 0.5) is 27.8 Å². The number of aromatic nitrogens is 4. The van der Waals surface area contributed by atoms with E-state index in [2.05, 4.69) is 20.9 Å². The van der Waals surface area contributed by atoms with Gasteiger partial charge in [0.25, 0.3) is 0 Å². The molecule has 206 valence electrons. The molecule has 0 unspecified atom stereocenters. The van der Waals surface area contributed by atoms with E-state index >= 15 is 0 Å². The first kappa shape index (κ1) is 25.1. The Kier molecular flexibility index (Phi) is 6.53. The second-order valence-electron chi connectivity index (χ2n) is 9.53. The largest absolute Gasteiger partial charge is 0.486 e. The van der Waals surface area contributed by atoms with Crippen LogP contribution in [0.3, 0.4) is 0 Å². The fraction of sp³-hybridized carbons (Fsp3) is 0.0625. The van der Waals surface area contributed by atoms with Gasteiger partial charge in [0.05, 0.1) is 16.8 Å². The van der Waals surface area contributed by atoms with Crippen LogP contribution >= 0.6 is 0 Å². The van der Waals surface area contributed by atoms with Gasteiger partial charge in [-0.1, -0.05) is 36.4 Å². The highest BCUT2D eigenvalue weighted by molar-refractivity contribution is 6.00. The van der Waals surface area contributed by atoms with Crippen molar-refractivity contribution in [2.75, 3.05) is 29.2 Å². The Morgan fingerprint density at radius 2 is 1.57 bits per heavy atom. The molecule has 0 aliphatic carbocycles. The first-order chi connectivity index (χ1) is 20.7. The molecule has 7 rings (SSSR count). The highest BCUT2D eigenvalue weighted by Gasteiger charge is 2.19. The summed E-state index contributed by atoms with van der Waals surface area (Å²) in [6.45, 7) is 1.04. The smallest absolute Gasteiger partial charge is 0.323 e. The number of rotatable bonds is 6. The molecular weight excluding hydrogens is 530 g/mol. The summed E-state index contributed by atoms with van der Waals surface area (Å²) in [5.41, 5.74) is 6.09. The van der Waals surface area contributed by atoms with Crippen LogP contribution in [0.15, 0.2) is 109 Å². The number of anilines is 4. The molecule has 1 aliphatic rings. The number of pyridine rings is 1. The van der Waals surface area contributed by atoms with Crippen molar-refractivity contribution >= 4 is 34.6 Å². The quantitative estimate of drug-likeness (QED) is 0.212. The van der Waals surface area contributed by atoms with Gasteiger partial charge < -0.3 is 25.4 Å². The zero-order chi connectivity index (χ0) is 28.3. The third-order valence-corrected chi connectivity index (χ3v) is 6.68. The first-order valence-electron chi connectivity index (χ1n) is 13.4. The van der Waals surface area contributed by atoms with Crippen LogP contribution in [0.5, 0.6) is 11.5 Å². The van der Waals surface area contributed by atoms with Gasteiger partial charge in [0.15, 0.2) is 11.5 Å². The molecule has 2 amide bonds. The molecule has 6 aromatic rings. The molecular formula is C32H25N7O3. The van der Waals surface area contributed by atoms with E-state index in [-0.39, 0.29) is 6.03 Å². The molecule has 0 fully saturated rings. The zero-order valence-corrected chi connectivity index (χ0v) is 22.3. The van der Waals surface area contributed by atoms with Crippen molar-refractivity contribution in [3.05, 3.63) is 109 Å². The molecule has 42 heavy (non-hydrogen) atoms. The average molecular weight is 556 g/mol. The molecule has 0 radical (unpaired) electrons. The van der Waals surface area contributed by atoms with Crippen LogP contribution < -0.4 is 25.4 Å². The number of urea groups is 1. The minimum Gasteiger partial charge on any atom is -0.486 e. The highest BCUT2D eigenvalue weighted by Crippen LogP contribution is 2.36. The number of para-hydroxylation sites is 1. The number of hydrogen-bond acceptors (Lipinski definition) is 7. The van der Waals surface area contributed by atoms with Gasteiger partial charge in [-0.2, -0.15) is 5.10 Å². The number of carbonyl (C=O) groups excluding carboxylic acids is 1. The number of fused-ring (bicyclic) bond motifs is 2. The summed E-state index contributed by atoms with van der Waals surface area (Å²) in [4.78, 5) is 21.9. The summed E-state index contributed by atoms with van der Waals surface area (Å²) in [7, 11) is 0. The normalized spacial score (nSPS) is 12.1. The van der Waals surface area contributed by atoms with Crippen molar-refractivity contribution < 1.29 is 14.3 Å². The Labute approximate surface area is 241 Å². The summed E-state index contributed by atoms with van der Waals surface area (Å²) in [5.74, 6) is 1.82. The van der Waals surface area contributed by atoms with Crippen LogP contribution in [0.1, 0.15) is 0 Å². The first-order valence-corrected chi connectivity index (χ1v) is 13.4. The Morgan fingerprint density at radius 1 is 0.762 bits per heavy atom. The van der Waals surface area contributed by atoms with E-state index in [0.717, 1.165) is 28.0 Å². The third-order valence-electron chi connectivity index (χ3n) is 6.68. The van der Waals surface area contributed by atoms with Gasteiger partial charge >= 0.3 is 6.03 Å². The minimum atomic E-state index is -0.334. The van der Waals surface area contributed by atoms with Gasteiger partial charge in [0, 0.05) is 41.1 Å². The zero-order valence-electron chi connectivity index (χ0n) is 22.3. The Morgan fingerprint density at radius 3 is 2.48 bits per heavy atom. The molecule has 0 spiro atoms. The Hall–Kier alpha value is -5.90. The fourth-order valence-corrected chi connectivity index (χ4v) is 4.82. The van der Waals surface area contributed by atoms with Crippen molar-refractivity contribution in [1.82, 2.24) is 19.6 Å². The fourth-order valence-electron chi connectivity index (χ4n) is 4.82.